The summed E-state index contributed by atoms with van der Waals surface area (Å²) in [5, 5.41) is 5.87. The number of hydrogen-bond donors (Lipinski definition) is 2. The fourth-order valence-corrected chi connectivity index (χ4v) is 2.13. The number of rotatable bonds is 5. The van der Waals surface area contributed by atoms with Crippen molar-refractivity contribution in [3.05, 3.63) is 35.4 Å². The number of carbonyl (C=O) groups excluding carboxylic acids is 1. The molecule has 2 N–H and O–H groups in total. The Morgan fingerprint density at radius 2 is 2.10 bits per heavy atom. The van der Waals surface area contributed by atoms with Gasteiger partial charge in [-0.25, -0.2) is 8.78 Å². The van der Waals surface area contributed by atoms with Gasteiger partial charge in [0.2, 0.25) is 5.91 Å². The molecule has 1 saturated heterocycles. The molecule has 1 heterocycles. The lowest BCUT2D eigenvalue weighted by atomic mass is 10.1. The van der Waals surface area contributed by atoms with Crippen molar-refractivity contribution in [3.63, 3.8) is 0 Å². The molecule has 2 rings (SSSR count). The van der Waals surface area contributed by atoms with Crippen LogP contribution >= 0.6 is 0 Å². The minimum Gasteiger partial charge on any atom is -0.375 e. The summed E-state index contributed by atoms with van der Waals surface area (Å²) < 4.78 is 31.4. The molecule has 20 heavy (non-hydrogen) atoms. The maximum Gasteiger partial charge on any atom is 0.222 e. The van der Waals surface area contributed by atoms with Gasteiger partial charge in [0.15, 0.2) is 0 Å². The van der Waals surface area contributed by atoms with Crippen molar-refractivity contribution in [2.24, 2.45) is 0 Å². The Morgan fingerprint density at radius 3 is 2.75 bits per heavy atom. The highest BCUT2D eigenvalue weighted by Crippen LogP contribution is 2.08. The SMILES string of the molecule is O=C(CC1CNCCO1)NCCc1cc(F)cc(F)c1. The van der Waals surface area contributed by atoms with Gasteiger partial charge in [0.05, 0.1) is 19.1 Å². The molecule has 6 heteroatoms. The van der Waals surface area contributed by atoms with Crippen LogP contribution in [0.2, 0.25) is 0 Å². The molecule has 1 amide bonds. The highest BCUT2D eigenvalue weighted by Gasteiger charge is 2.16. The smallest absolute Gasteiger partial charge is 0.222 e. The Labute approximate surface area is 116 Å². The zero-order chi connectivity index (χ0) is 14.4. The first-order valence-corrected chi connectivity index (χ1v) is 6.67. The number of nitrogens with one attached hydrogen (secondary N) is 2. The number of carbonyl (C=O) groups is 1. The van der Waals surface area contributed by atoms with Crippen LogP contribution in [0.15, 0.2) is 18.2 Å². The molecule has 1 aromatic carbocycles. The van der Waals surface area contributed by atoms with Crippen molar-refractivity contribution in [1.82, 2.24) is 10.6 Å². The van der Waals surface area contributed by atoms with Crippen molar-refractivity contribution in [2.45, 2.75) is 18.9 Å². The van der Waals surface area contributed by atoms with E-state index in [1.165, 1.54) is 12.1 Å². The van der Waals surface area contributed by atoms with E-state index in [1.54, 1.807) is 0 Å². The van der Waals surface area contributed by atoms with Gasteiger partial charge in [0.25, 0.3) is 0 Å². The van der Waals surface area contributed by atoms with E-state index in [4.69, 9.17) is 4.74 Å². The summed E-state index contributed by atoms with van der Waals surface area (Å²) >= 11 is 0. The highest BCUT2D eigenvalue weighted by molar-refractivity contribution is 5.76. The fraction of sp³-hybridized carbons (Fsp3) is 0.500. The van der Waals surface area contributed by atoms with Crippen LogP contribution in [-0.2, 0) is 16.0 Å². The number of hydrogen-bond acceptors (Lipinski definition) is 3. The molecule has 0 aromatic heterocycles. The maximum atomic E-state index is 13.0. The van der Waals surface area contributed by atoms with Gasteiger partial charge in [-0.1, -0.05) is 0 Å². The summed E-state index contributed by atoms with van der Waals surface area (Å²) in [4.78, 5) is 11.7. The zero-order valence-corrected chi connectivity index (χ0v) is 11.1. The third-order valence-corrected chi connectivity index (χ3v) is 3.08. The third kappa shape index (κ3) is 4.86. The molecule has 1 fully saturated rings. The monoisotopic (exact) mass is 284 g/mol. The Balaban J connectivity index is 1.70. The van der Waals surface area contributed by atoms with E-state index >= 15 is 0 Å². The van der Waals surface area contributed by atoms with Crippen molar-refractivity contribution < 1.29 is 18.3 Å². The first kappa shape index (κ1) is 14.9. The zero-order valence-electron chi connectivity index (χ0n) is 11.1. The molecule has 0 radical (unpaired) electrons. The first-order valence-electron chi connectivity index (χ1n) is 6.67. The van der Waals surface area contributed by atoms with Crippen molar-refractivity contribution in [3.8, 4) is 0 Å². The van der Waals surface area contributed by atoms with Crippen molar-refractivity contribution >= 4 is 5.91 Å². The summed E-state index contributed by atoms with van der Waals surface area (Å²) in [6.07, 6.45) is 0.588. The predicted octanol–water partition coefficient (Wildman–Crippen LogP) is 1.00. The van der Waals surface area contributed by atoms with E-state index in [9.17, 15) is 13.6 Å². The van der Waals surface area contributed by atoms with E-state index < -0.39 is 11.6 Å². The van der Waals surface area contributed by atoms with E-state index in [1.807, 2.05) is 0 Å². The second kappa shape index (κ2) is 7.31. The Bertz CT molecular complexity index is 442. The molecule has 1 unspecified atom stereocenters. The Morgan fingerprint density at radius 1 is 1.35 bits per heavy atom. The molecule has 4 nitrogen and oxygen atoms in total. The largest absolute Gasteiger partial charge is 0.375 e. The van der Waals surface area contributed by atoms with Crippen LogP contribution in [0.3, 0.4) is 0 Å². The molecule has 1 aromatic rings. The molecule has 1 aliphatic rings. The molecule has 0 bridgehead atoms. The van der Waals surface area contributed by atoms with Crippen LogP contribution < -0.4 is 10.6 Å². The minimum absolute atomic E-state index is 0.102. The quantitative estimate of drug-likeness (QED) is 0.848. The topological polar surface area (TPSA) is 50.4 Å². The Hall–Kier alpha value is -1.53. The van der Waals surface area contributed by atoms with Gasteiger partial charge < -0.3 is 15.4 Å². The molecule has 0 aliphatic carbocycles. The van der Waals surface area contributed by atoms with Gasteiger partial charge in [-0.05, 0) is 24.1 Å². The molecule has 0 saturated carbocycles. The second-order valence-corrected chi connectivity index (χ2v) is 4.78. The summed E-state index contributed by atoms with van der Waals surface area (Å²) in [6, 6.07) is 3.36. The molecule has 110 valence electrons. The average molecular weight is 284 g/mol. The number of halogens is 2. The van der Waals surface area contributed by atoms with Crippen LogP contribution in [0.1, 0.15) is 12.0 Å². The summed E-state index contributed by atoms with van der Waals surface area (Å²) in [7, 11) is 0. The maximum absolute atomic E-state index is 13.0. The van der Waals surface area contributed by atoms with Crippen LogP contribution in [0.5, 0.6) is 0 Å². The van der Waals surface area contributed by atoms with Crippen LogP contribution in [0.4, 0.5) is 8.78 Å². The lowest BCUT2D eigenvalue weighted by molar-refractivity contribution is -0.124. The molecular weight excluding hydrogens is 266 g/mol. The normalized spacial score (nSPS) is 18.8. The van der Waals surface area contributed by atoms with Gasteiger partial charge in [0.1, 0.15) is 11.6 Å². The van der Waals surface area contributed by atoms with Crippen LogP contribution in [0.25, 0.3) is 0 Å². The summed E-state index contributed by atoms with van der Waals surface area (Å²) in [5.74, 6) is -1.32. The average Bonchev–Trinajstić information content (AvgIpc) is 2.38. The second-order valence-electron chi connectivity index (χ2n) is 4.78. The fourth-order valence-electron chi connectivity index (χ4n) is 2.13. The highest BCUT2D eigenvalue weighted by atomic mass is 19.1. The summed E-state index contributed by atoms with van der Waals surface area (Å²) in [6.45, 7) is 2.44. The predicted molar refractivity (Wildman–Crippen MR) is 70.3 cm³/mol. The standard InChI is InChI=1S/C14H18F2N2O2/c15-11-5-10(6-12(16)7-11)1-2-18-14(19)8-13-9-17-3-4-20-13/h5-7,13,17H,1-4,8-9H2,(H,18,19). The van der Waals surface area contributed by atoms with Gasteiger partial charge in [-0.2, -0.15) is 0 Å². The van der Waals surface area contributed by atoms with Crippen LogP contribution in [0, 0.1) is 11.6 Å². The number of benzene rings is 1. The van der Waals surface area contributed by atoms with E-state index in [0.29, 0.717) is 38.1 Å². The lowest BCUT2D eigenvalue weighted by Crippen LogP contribution is -2.41. The van der Waals surface area contributed by atoms with Crippen LogP contribution in [-0.4, -0.2) is 38.3 Å². The molecule has 1 atom stereocenters. The van der Waals surface area contributed by atoms with Gasteiger partial charge in [-0.3, -0.25) is 4.79 Å². The molecule has 0 spiro atoms. The van der Waals surface area contributed by atoms with Crippen molar-refractivity contribution in [1.29, 1.82) is 0 Å². The Kier molecular flexibility index (Phi) is 5.43. The summed E-state index contributed by atoms with van der Waals surface area (Å²) in [5.41, 5.74) is 0.526. The van der Waals surface area contributed by atoms with E-state index in [0.717, 1.165) is 12.6 Å². The molecule has 1 aliphatic heterocycles. The van der Waals surface area contributed by atoms with Gasteiger partial charge in [-0.15, -0.1) is 0 Å². The van der Waals surface area contributed by atoms with Gasteiger partial charge in [0, 0.05) is 25.7 Å². The van der Waals surface area contributed by atoms with Gasteiger partial charge >= 0.3 is 0 Å². The number of ether oxygens (including phenoxy) is 1. The third-order valence-electron chi connectivity index (χ3n) is 3.08. The minimum atomic E-state index is -0.604. The number of morpholine rings is 1. The van der Waals surface area contributed by atoms with E-state index in [2.05, 4.69) is 10.6 Å². The van der Waals surface area contributed by atoms with E-state index in [-0.39, 0.29) is 12.0 Å². The molecular formula is C14H18F2N2O2. The first-order chi connectivity index (χ1) is 9.63. The number of amides is 1. The lowest BCUT2D eigenvalue weighted by Gasteiger charge is -2.23. The van der Waals surface area contributed by atoms with Crippen molar-refractivity contribution in [2.75, 3.05) is 26.2 Å².